The van der Waals surface area contributed by atoms with Gasteiger partial charge in [0.25, 0.3) is 5.88 Å². The van der Waals surface area contributed by atoms with Crippen molar-refractivity contribution >= 4 is 11.2 Å². The van der Waals surface area contributed by atoms with E-state index in [9.17, 15) is 0 Å². The maximum atomic E-state index is 5.78. The van der Waals surface area contributed by atoms with Gasteiger partial charge >= 0.3 is 0 Å². The zero-order valence-electron chi connectivity index (χ0n) is 11.7. The van der Waals surface area contributed by atoms with Crippen molar-refractivity contribution in [1.82, 2.24) is 19.9 Å². The van der Waals surface area contributed by atoms with E-state index < -0.39 is 0 Å². The second kappa shape index (κ2) is 4.59. The van der Waals surface area contributed by atoms with E-state index in [1.807, 2.05) is 12.1 Å². The molecule has 3 aromatic rings. The lowest BCUT2D eigenvalue weighted by Gasteiger charge is -2.19. The number of aromatic nitrogens is 4. The van der Waals surface area contributed by atoms with Gasteiger partial charge in [-0.25, -0.2) is 9.97 Å². The van der Waals surface area contributed by atoms with Gasteiger partial charge in [-0.15, -0.1) is 0 Å². The molecule has 2 heterocycles. The van der Waals surface area contributed by atoms with Crippen LogP contribution >= 0.6 is 0 Å². The first-order valence-electron chi connectivity index (χ1n) is 6.46. The molecule has 2 aromatic heterocycles. The van der Waals surface area contributed by atoms with Crippen molar-refractivity contribution in [2.75, 3.05) is 0 Å². The van der Waals surface area contributed by atoms with Crippen LogP contribution in [0.4, 0.5) is 0 Å². The fourth-order valence-corrected chi connectivity index (χ4v) is 1.95. The maximum Gasteiger partial charge on any atom is 0.250 e. The molecular formula is C15H16N4O. The normalized spacial score (nSPS) is 11.8. The summed E-state index contributed by atoms with van der Waals surface area (Å²) in [6.07, 6.45) is 3.04. The molecule has 0 bridgehead atoms. The molecular weight excluding hydrogens is 252 g/mol. The number of nitrogens with one attached hydrogen (secondary N) is 1. The Hall–Kier alpha value is -2.43. The van der Waals surface area contributed by atoms with E-state index in [1.54, 1.807) is 6.33 Å². The highest BCUT2D eigenvalue weighted by atomic mass is 16.5. The van der Waals surface area contributed by atoms with Gasteiger partial charge in [-0.05, 0) is 23.1 Å². The van der Waals surface area contributed by atoms with Crippen LogP contribution in [-0.4, -0.2) is 19.9 Å². The topological polar surface area (TPSA) is 63.7 Å². The highest BCUT2D eigenvalue weighted by Gasteiger charge is 2.14. The van der Waals surface area contributed by atoms with Crippen LogP contribution in [0, 0.1) is 0 Å². The summed E-state index contributed by atoms with van der Waals surface area (Å²) in [7, 11) is 0. The van der Waals surface area contributed by atoms with E-state index >= 15 is 0 Å². The summed E-state index contributed by atoms with van der Waals surface area (Å²) in [6, 6.07) is 8.03. The first kappa shape index (κ1) is 12.6. The van der Waals surface area contributed by atoms with Crippen LogP contribution in [-0.2, 0) is 5.41 Å². The average molecular weight is 268 g/mol. The minimum Gasteiger partial charge on any atom is -0.437 e. The maximum absolute atomic E-state index is 5.78. The van der Waals surface area contributed by atoms with E-state index in [1.165, 1.54) is 11.9 Å². The van der Waals surface area contributed by atoms with Crippen LogP contribution in [0.3, 0.4) is 0 Å². The van der Waals surface area contributed by atoms with Crippen LogP contribution in [0.2, 0.25) is 0 Å². The summed E-state index contributed by atoms with van der Waals surface area (Å²) in [4.78, 5) is 15.3. The van der Waals surface area contributed by atoms with Gasteiger partial charge in [-0.2, -0.15) is 4.98 Å². The number of H-pyrrole nitrogens is 1. The van der Waals surface area contributed by atoms with Crippen LogP contribution in [0.5, 0.6) is 11.6 Å². The highest BCUT2D eigenvalue weighted by Crippen LogP contribution is 2.27. The predicted octanol–water partition coefficient (Wildman–Crippen LogP) is 3.44. The molecule has 1 aromatic carbocycles. The molecule has 1 N–H and O–H groups in total. The lowest BCUT2D eigenvalue weighted by atomic mass is 9.87. The second-order valence-electron chi connectivity index (χ2n) is 5.66. The molecule has 0 aliphatic rings. The van der Waals surface area contributed by atoms with Crippen molar-refractivity contribution in [3.63, 3.8) is 0 Å². The molecule has 0 aliphatic carbocycles. The Balaban J connectivity index is 1.90. The first-order valence-corrected chi connectivity index (χ1v) is 6.46. The summed E-state index contributed by atoms with van der Waals surface area (Å²) >= 11 is 0. The van der Waals surface area contributed by atoms with E-state index in [0.717, 1.165) is 5.75 Å². The van der Waals surface area contributed by atoms with Crippen molar-refractivity contribution in [3.8, 4) is 11.6 Å². The third-order valence-electron chi connectivity index (χ3n) is 3.12. The second-order valence-corrected chi connectivity index (χ2v) is 5.66. The van der Waals surface area contributed by atoms with E-state index in [2.05, 4.69) is 52.8 Å². The van der Waals surface area contributed by atoms with Crippen molar-refractivity contribution in [1.29, 1.82) is 0 Å². The summed E-state index contributed by atoms with van der Waals surface area (Å²) in [5, 5.41) is 0. The van der Waals surface area contributed by atoms with Crippen LogP contribution < -0.4 is 4.74 Å². The molecule has 5 nitrogen and oxygen atoms in total. The number of rotatable bonds is 2. The number of hydrogen-bond acceptors (Lipinski definition) is 4. The van der Waals surface area contributed by atoms with E-state index in [0.29, 0.717) is 17.0 Å². The molecule has 0 spiro atoms. The number of nitrogens with zero attached hydrogens (tertiary/aromatic N) is 3. The number of benzene rings is 1. The van der Waals surface area contributed by atoms with Gasteiger partial charge in [0, 0.05) is 0 Å². The van der Waals surface area contributed by atoms with Crippen LogP contribution in [0.1, 0.15) is 26.3 Å². The van der Waals surface area contributed by atoms with Gasteiger partial charge in [0.15, 0.2) is 11.2 Å². The van der Waals surface area contributed by atoms with Gasteiger partial charge < -0.3 is 9.72 Å². The largest absolute Gasteiger partial charge is 0.437 e. The van der Waals surface area contributed by atoms with Gasteiger partial charge in [0.05, 0.1) is 6.33 Å². The van der Waals surface area contributed by atoms with Crippen molar-refractivity contribution < 1.29 is 4.74 Å². The fraction of sp³-hybridized carbons (Fsp3) is 0.267. The molecule has 0 unspecified atom stereocenters. The molecule has 0 atom stereocenters. The summed E-state index contributed by atoms with van der Waals surface area (Å²) in [6.45, 7) is 6.54. The molecule has 0 amide bonds. The Labute approximate surface area is 117 Å². The van der Waals surface area contributed by atoms with E-state index in [4.69, 9.17) is 4.74 Å². The summed E-state index contributed by atoms with van der Waals surface area (Å²) < 4.78 is 5.78. The van der Waals surface area contributed by atoms with Crippen LogP contribution in [0.25, 0.3) is 11.2 Å². The first-order chi connectivity index (χ1) is 9.54. The molecule has 0 saturated carbocycles. The van der Waals surface area contributed by atoms with Gasteiger partial charge in [0.1, 0.15) is 12.1 Å². The van der Waals surface area contributed by atoms with Crippen molar-refractivity contribution in [2.24, 2.45) is 0 Å². The molecule has 5 heteroatoms. The molecule has 3 rings (SSSR count). The minimum absolute atomic E-state index is 0.128. The summed E-state index contributed by atoms with van der Waals surface area (Å²) in [5.74, 6) is 1.20. The molecule has 0 radical (unpaired) electrons. The standard InChI is InChI=1S/C15H16N4O/c1-15(2,3)10-4-6-11(7-5-10)20-14-12-13(17-8-16-12)18-9-19-14/h4-9H,1-3H3,(H,16,17,18,19). The Kier molecular flexibility index (Phi) is 2.89. The molecule has 0 saturated heterocycles. The van der Waals surface area contributed by atoms with Crippen LogP contribution in [0.15, 0.2) is 36.9 Å². The minimum atomic E-state index is 0.128. The number of hydrogen-bond donors (Lipinski definition) is 1. The molecule has 20 heavy (non-hydrogen) atoms. The zero-order chi connectivity index (χ0) is 14.2. The molecule has 0 aliphatic heterocycles. The van der Waals surface area contributed by atoms with Crippen molar-refractivity contribution in [2.45, 2.75) is 26.2 Å². The predicted molar refractivity (Wildman–Crippen MR) is 76.9 cm³/mol. The number of aromatic amines is 1. The quantitative estimate of drug-likeness (QED) is 0.773. The Morgan fingerprint density at radius 1 is 1.00 bits per heavy atom. The van der Waals surface area contributed by atoms with Gasteiger partial charge in [-0.3, -0.25) is 0 Å². The van der Waals surface area contributed by atoms with Gasteiger partial charge in [-0.1, -0.05) is 32.9 Å². The van der Waals surface area contributed by atoms with Gasteiger partial charge in [0.2, 0.25) is 0 Å². The number of imidazole rings is 1. The SMILES string of the molecule is CC(C)(C)c1ccc(Oc2ncnc3[nH]cnc23)cc1. The third-order valence-corrected chi connectivity index (χ3v) is 3.12. The average Bonchev–Trinajstić information content (AvgIpc) is 2.88. The van der Waals surface area contributed by atoms with E-state index in [-0.39, 0.29) is 5.41 Å². The number of ether oxygens (including phenoxy) is 1. The zero-order valence-corrected chi connectivity index (χ0v) is 11.7. The Bertz CT molecular complexity index is 725. The lowest BCUT2D eigenvalue weighted by molar-refractivity contribution is 0.466. The Morgan fingerprint density at radius 2 is 1.75 bits per heavy atom. The lowest BCUT2D eigenvalue weighted by Crippen LogP contribution is -2.10. The van der Waals surface area contributed by atoms with Crippen molar-refractivity contribution in [3.05, 3.63) is 42.5 Å². The Morgan fingerprint density at radius 3 is 2.45 bits per heavy atom. The monoisotopic (exact) mass is 268 g/mol. The molecule has 0 fully saturated rings. The highest BCUT2D eigenvalue weighted by molar-refractivity contribution is 5.75. The molecule has 102 valence electrons. The summed E-state index contributed by atoms with van der Waals surface area (Å²) in [5.41, 5.74) is 2.69. The smallest absolute Gasteiger partial charge is 0.250 e. The fourth-order valence-electron chi connectivity index (χ4n) is 1.95. The third kappa shape index (κ3) is 2.34. The number of fused-ring (bicyclic) bond motifs is 1.